The zero-order chi connectivity index (χ0) is 14.5. The molecule has 0 aromatic heterocycles. The number of methoxy groups -OCH3 is 1. The van der Waals surface area contributed by atoms with E-state index < -0.39 is 0 Å². The van der Waals surface area contributed by atoms with E-state index in [-0.39, 0.29) is 6.61 Å². The topological polar surface area (TPSA) is 32.7 Å². The maximum absolute atomic E-state index is 9.42. The minimum Gasteiger partial charge on any atom is -0.497 e. The number of halogens is 1. The SMILES string of the molecule is COc1ccc(CN(C)c2c(Cl)cccc2CO)cc1. The molecule has 0 aliphatic rings. The van der Waals surface area contributed by atoms with Gasteiger partial charge in [-0.25, -0.2) is 0 Å². The summed E-state index contributed by atoms with van der Waals surface area (Å²) < 4.78 is 5.15. The molecule has 3 nitrogen and oxygen atoms in total. The fourth-order valence-electron chi connectivity index (χ4n) is 2.20. The van der Waals surface area contributed by atoms with Crippen molar-refractivity contribution in [3.05, 3.63) is 58.6 Å². The molecule has 0 unspecified atom stereocenters. The molecule has 0 radical (unpaired) electrons. The Morgan fingerprint density at radius 3 is 2.45 bits per heavy atom. The normalized spacial score (nSPS) is 10.4. The third-order valence-electron chi connectivity index (χ3n) is 3.20. The van der Waals surface area contributed by atoms with E-state index >= 15 is 0 Å². The molecule has 0 aliphatic heterocycles. The second-order valence-electron chi connectivity index (χ2n) is 4.61. The fraction of sp³-hybridized carbons (Fsp3) is 0.250. The van der Waals surface area contributed by atoms with Crippen LogP contribution in [0.5, 0.6) is 5.75 Å². The lowest BCUT2D eigenvalue weighted by Crippen LogP contribution is -2.18. The molecule has 0 bridgehead atoms. The zero-order valence-electron chi connectivity index (χ0n) is 11.6. The van der Waals surface area contributed by atoms with E-state index in [1.807, 2.05) is 54.4 Å². The Hall–Kier alpha value is -1.71. The van der Waals surface area contributed by atoms with Crippen molar-refractivity contribution in [2.24, 2.45) is 0 Å². The first-order valence-corrected chi connectivity index (χ1v) is 6.76. The molecule has 0 amide bonds. The molecule has 0 fully saturated rings. The van der Waals surface area contributed by atoms with Crippen LogP contribution in [0.25, 0.3) is 0 Å². The monoisotopic (exact) mass is 291 g/mol. The lowest BCUT2D eigenvalue weighted by atomic mass is 10.1. The first kappa shape index (κ1) is 14.7. The van der Waals surface area contributed by atoms with Gasteiger partial charge < -0.3 is 14.7 Å². The van der Waals surface area contributed by atoms with Crippen LogP contribution in [-0.2, 0) is 13.2 Å². The van der Waals surface area contributed by atoms with Gasteiger partial charge in [-0.3, -0.25) is 0 Å². The molecule has 2 rings (SSSR count). The largest absolute Gasteiger partial charge is 0.497 e. The second kappa shape index (κ2) is 6.64. The van der Waals surface area contributed by atoms with Crippen molar-refractivity contribution >= 4 is 17.3 Å². The molecule has 2 aromatic rings. The first-order chi connectivity index (χ1) is 9.65. The Morgan fingerprint density at radius 1 is 1.15 bits per heavy atom. The summed E-state index contributed by atoms with van der Waals surface area (Å²) in [4.78, 5) is 2.04. The molecule has 2 aromatic carbocycles. The third-order valence-corrected chi connectivity index (χ3v) is 3.51. The van der Waals surface area contributed by atoms with Crippen molar-refractivity contribution in [1.82, 2.24) is 0 Å². The molecule has 106 valence electrons. The van der Waals surface area contributed by atoms with Gasteiger partial charge >= 0.3 is 0 Å². The van der Waals surface area contributed by atoms with E-state index in [2.05, 4.69) is 0 Å². The van der Waals surface area contributed by atoms with Gasteiger partial charge in [0.1, 0.15) is 5.75 Å². The van der Waals surface area contributed by atoms with Crippen molar-refractivity contribution in [3.63, 3.8) is 0 Å². The number of para-hydroxylation sites is 1. The van der Waals surface area contributed by atoms with E-state index in [1.54, 1.807) is 7.11 Å². The van der Waals surface area contributed by atoms with Crippen LogP contribution in [0.3, 0.4) is 0 Å². The van der Waals surface area contributed by atoms with Crippen LogP contribution in [0.1, 0.15) is 11.1 Å². The quantitative estimate of drug-likeness (QED) is 0.915. The molecule has 0 aliphatic carbocycles. The van der Waals surface area contributed by atoms with Crippen molar-refractivity contribution in [1.29, 1.82) is 0 Å². The Kier molecular flexibility index (Phi) is 4.88. The molecule has 0 saturated carbocycles. The smallest absolute Gasteiger partial charge is 0.118 e. The van der Waals surface area contributed by atoms with Gasteiger partial charge in [-0.15, -0.1) is 0 Å². The van der Waals surface area contributed by atoms with Crippen LogP contribution in [-0.4, -0.2) is 19.3 Å². The van der Waals surface area contributed by atoms with Crippen LogP contribution < -0.4 is 9.64 Å². The summed E-state index contributed by atoms with van der Waals surface area (Å²) in [7, 11) is 3.61. The van der Waals surface area contributed by atoms with Gasteiger partial charge in [0.05, 0.1) is 24.4 Å². The van der Waals surface area contributed by atoms with Crippen LogP contribution >= 0.6 is 11.6 Å². The number of anilines is 1. The molecule has 0 heterocycles. The van der Waals surface area contributed by atoms with Crippen LogP contribution in [0.15, 0.2) is 42.5 Å². The lowest BCUT2D eigenvalue weighted by Gasteiger charge is -2.23. The van der Waals surface area contributed by atoms with Crippen molar-refractivity contribution < 1.29 is 9.84 Å². The molecular weight excluding hydrogens is 274 g/mol. The number of ether oxygens (including phenoxy) is 1. The van der Waals surface area contributed by atoms with Gasteiger partial charge in [-0.05, 0) is 23.8 Å². The van der Waals surface area contributed by atoms with Gasteiger partial charge in [0.2, 0.25) is 0 Å². The van der Waals surface area contributed by atoms with Crippen molar-refractivity contribution in [3.8, 4) is 5.75 Å². The summed E-state index contributed by atoms with van der Waals surface area (Å²) in [5, 5.41) is 10.1. The van der Waals surface area contributed by atoms with Crippen LogP contribution in [0.4, 0.5) is 5.69 Å². The average Bonchev–Trinajstić information content (AvgIpc) is 2.47. The highest BCUT2D eigenvalue weighted by Gasteiger charge is 2.11. The number of aliphatic hydroxyl groups excluding tert-OH is 1. The summed E-state index contributed by atoms with van der Waals surface area (Å²) in [5.41, 5.74) is 2.85. The predicted octanol–water partition coefficient (Wildman–Crippen LogP) is 3.48. The first-order valence-electron chi connectivity index (χ1n) is 6.38. The number of rotatable bonds is 5. The lowest BCUT2D eigenvalue weighted by molar-refractivity contribution is 0.282. The van der Waals surface area contributed by atoms with Crippen LogP contribution in [0, 0.1) is 0 Å². The van der Waals surface area contributed by atoms with E-state index in [0.717, 1.165) is 22.6 Å². The molecule has 20 heavy (non-hydrogen) atoms. The van der Waals surface area contributed by atoms with E-state index in [4.69, 9.17) is 16.3 Å². The summed E-state index contributed by atoms with van der Waals surface area (Å²) in [6.45, 7) is 0.684. The third kappa shape index (κ3) is 3.24. The van der Waals surface area contributed by atoms with Gasteiger partial charge in [-0.1, -0.05) is 35.9 Å². The highest BCUT2D eigenvalue weighted by Crippen LogP contribution is 2.30. The number of aliphatic hydroxyl groups is 1. The van der Waals surface area contributed by atoms with E-state index in [1.165, 1.54) is 0 Å². The number of hydrogen-bond acceptors (Lipinski definition) is 3. The van der Waals surface area contributed by atoms with E-state index in [0.29, 0.717) is 11.6 Å². The van der Waals surface area contributed by atoms with Crippen molar-refractivity contribution in [2.45, 2.75) is 13.2 Å². The highest BCUT2D eigenvalue weighted by molar-refractivity contribution is 6.33. The maximum Gasteiger partial charge on any atom is 0.118 e. The number of hydrogen-bond donors (Lipinski definition) is 1. The Morgan fingerprint density at radius 2 is 1.85 bits per heavy atom. The van der Waals surface area contributed by atoms with Gasteiger partial charge in [0, 0.05) is 19.2 Å². The van der Waals surface area contributed by atoms with Crippen molar-refractivity contribution in [2.75, 3.05) is 19.1 Å². The summed E-state index contributed by atoms with van der Waals surface area (Å²) in [5.74, 6) is 0.838. The summed E-state index contributed by atoms with van der Waals surface area (Å²) in [6.07, 6.45) is 0. The molecule has 4 heteroatoms. The van der Waals surface area contributed by atoms with Gasteiger partial charge in [-0.2, -0.15) is 0 Å². The van der Waals surface area contributed by atoms with Crippen LogP contribution in [0.2, 0.25) is 5.02 Å². The minimum atomic E-state index is -0.0250. The predicted molar refractivity (Wildman–Crippen MR) is 82.5 cm³/mol. The number of nitrogens with zero attached hydrogens (tertiary/aromatic N) is 1. The molecule has 1 N–H and O–H groups in total. The second-order valence-corrected chi connectivity index (χ2v) is 5.02. The Balaban J connectivity index is 2.21. The minimum absolute atomic E-state index is 0.0250. The summed E-state index contributed by atoms with van der Waals surface area (Å²) >= 11 is 6.24. The average molecular weight is 292 g/mol. The zero-order valence-corrected chi connectivity index (χ0v) is 12.4. The Labute approximate surface area is 124 Å². The molecular formula is C16H18ClNO2. The fourth-order valence-corrected chi connectivity index (χ4v) is 2.54. The summed E-state index contributed by atoms with van der Waals surface area (Å²) in [6, 6.07) is 13.5. The van der Waals surface area contributed by atoms with E-state index in [9.17, 15) is 5.11 Å². The Bertz CT molecular complexity index is 569. The maximum atomic E-state index is 9.42. The van der Waals surface area contributed by atoms with Gasteiger partial charge in [0.15, 0.2) is 0 Å². The molecule has 0 atom stereocenters. The molecule has 0 saturated heterocycles. The van der Waals surface area contributed by atoms with Gasteiger partial charge in [0.25, 0.3) is 0 Å². The number of benzene rings is 2. The molecule has 0 spiro atoms. The standard InChI is InChI=1S/C16H18ClNO2/c1-18(10-12-6-8-14(20-2)9-7-12)16-13(11-19)4-3-5-15(16)17/h3-9,19H,10-11H2,1-2H3. The highest BCUT2D eigenvalue weighted by atomic mass is 35.5.